The SMILES string of the molecule is N#Cc1cccc(C#N)c1NCCc1ccc(S(N)(=O)=O)cc1. The smallest absolute Gasteiger partial charge is 0.238 e. The van der Waals surface area contributed by atoms with Crippen LogP contribution in [0.2, 0.25) is 0 Å². The highest BCUT2D eigenvalue weighted by Gasteiger charge is 2.08. The lowest BCUT2D eigenvalue weighted by molar-refractivity contribution is 0.598. The molecule has 0 aliphatic rings. The Bertz CT molecular complexity index is 859. The van der Waals surface area contributed by atoms with Gasteiger partial charge in [0, 0.05) is 6.54 Å². The molecule has 2 rings (SSSR count). The molecule has 6 nitrogen and oxygen atoms in total. The molecule has 2 aromatic carbocycles. The van der Waals surface area contributed by atoms with E-state index in [0.29, 0.717) is 29.8 Å². The molecule has 0 unspecified atom stereocenters. The van der Waals surface area contributed by atoms with Crippen molar-refractivity contribution in [3.05, 3.63) is 59.2 Å². The Hall–Kier alpha value is -2.87. The van der Waals surface area contributed by atoms with Crippen molar-refractivity contribution in [2.24, 2.45) is 5.14 Å². The molecule has 0 aromatic heterocycles. The van der Waals surface area contributed by atoms with Gasteiger partial charge in [-0.2, -0.15) is 10.5 Å². The second kappa shape index (κ2) is 6.93. The van der Waals surface area contributed by atoms with Crippen molar-refractivity contribution >= 4 is 15.7 Å². The summed E-state index contributed by atoms with van der Waals surface area (Å²) in [7, 11) is -3.69. The van der Waals surface area contributed by atoms with Crippen LogP contribution in [0.3, 0.4) is 0 Å². The van der Waals surface area contributed by atoms with Crippen molar-refractivity contribution in [3.8, 4) is 12.1 Å². The molecule has 2 aromatic rings. The Morgan fingerprint density at radius 3 is 2.04 bits per heavy atom. The van der Waals surface area contributed by atoms with E-state index >= 15 is 0 Å². The molecule has 0 saturated heterocycles. The van der Waals surface area contributed by atoms with Gasteiger partial charge < -0.3 is 5.32 Å². The van der Waals surface area contributed by atoms with Crippen molar-refractivity contribution in [1.29, 1.82) is 10.5 Å². The van der Waals surface area contributed by atoms with Crippen molar-refractivity contribution in [2.45, 2.75) is 11.3 Å². The first-order valence-electron chi connectivity index (χ1n) is 6.74. The second-order valence-electron chi connectivity index (χ2n) is 4.82. The fourth-order valence-corrected chi connectivity index (χ4v) is 2.62. The molecule has 7 heteroatoms. The number of nitrogens with zero attached hydrogens (tertiary/aromatic N) is 2. The van der Waals surface area contributed by atoms with Gasteiger partial charge in [0.15, 0.2) is 0 Å². The van der Waals surface area contributed by atoms with E-state index < -0.39 is 10.0 Å². The van der Waals surface area contributed by atoms with E-state index in [2.05, 4.69) is 5.32 Å². The Morgan fingerprint density at radius 1 is 1.00 bits per heavy atom. The average molecular weight is 326 g/mol. The molecule has 0 saturated carbocycles. The summed E-state index contributed by atoms with van der Waals surface area (Å²) in [5.74, 6) is 0. The van der Waals surface area contributed by atoms with E-state index in [1.807, 2.05) is 12.1 Å². The molecule has 0 bridgehead atoms. The van der Waals surface area contributed by atoms with Crippen LogP contribution in [0, 0.1) is 22.7 Å². The molecule has 23 heavy (non-hydrogen) atoms. The summed E-state index contributed by atoms with van der Waals surface area (Å²) in [6, 6.07) is 15.3. The predicted octanol–water partition coefficient (Wildman–Crippen LogP) is 1.73. The van der Waals surface area contributed by atoms with Gasteiger partial charge in [-0.05, 0) is 36.2 Å². The topological polar surface area (TPSA) is 120 Å². The lowest BCUT2D eigenvalue weighted by Crippen LogP contribution is -2.12. The summed E-state index contributed by atoms with van der Waals surface area (Å²) >= 11 is 0. The zero-order valence-electron chi connectivity index (χ0n) is 12.2. The van der Waals surface area contributed by atoms with Crippen LogP contribution < -0.4 is 10.5 Å². The molecule has 0 radical (unpaired) electrons. The van der Waals surface area contributed by atoms with Gasteiger partial charge in [0.2, 0.25) is 10.0 Å². The van der Waals surface area contributed by atoms with Crippen LogP contribution in [0.1, 0.15) is 16.7 Å². The van der Waals surface area contributed by atoms with Crippen LogP contribution >= 0.6 is 0 Å². The van der Waals surface area contributed by atoms with Crippen LogP contribution in [-0.2, 0) is 16.4 Å². The molecule has 0 spiro atoms. The average Bonchev–Trinajstić information content (AvgIpc) is 2.54. The first kappa shape index (κ1) is 16.5. The Kier molecular flexibility index (Phi) is 4.97. The Labute approximate surface area is 134 Å². The predicted molar refractivity (Wildman–Crippen MR) is 85.9 cm³/mol. The molecule has 0 amide bonds. The van der Waals surface area contributed by atoms with Gasteiger partial charge in [-0.25, -0.2) is 13.6 Å². The van der Waals surface area contributed by atoms with Crippen LogP contribution in [0.15, 0.2) is 47.4 Å². The monoisotopic (exact) mass is 326 g/mol. The van der Waals surface area contributed by atoms with Crippen molar-refractivity contribution in [3.63, 3.8) is 0 Å². The number of sulfonamides is 1. The van der Waals surface area contributed by atoms with Crippen LogP contribution in [-0.4, -0.2) is 15.0 Å². The minimum Gasteiger partial charge on any atom is -0.383 e. The summed E-state index contributed by atoms with van der Waals surface area (Å²) in [6.45, 7) is 0.502. The second-order valence-corrected chi connectivity index (χ2v) is 6.38. The lowest BCUT2D eigenvalue weighted by Gasteiger charge is -2.10. The first-order valence-corrected chi connectivity index (χ1v) is 8.29. The van der Waals surface area contributed by atoms with E-state index in [1.54, 1.807) is 30.3 Å². The maximum Gasteiger partial charge on any atom is 0.238 e. The highest BCUT2D eigenvalue weighted by Crippen LogP contribution is 2.20. The van der Waals surface area contributed by atoms with Gasteiger partial charge in [-0.1, -0.05) is 18.2 Å². The van der Waals surface area contributed by atoms with E-state index in [0.717, 1.165) is 5.56 Å². The number of hydrogen-bond donors (Lipinski definition) is 2. The lowest BCUT2D eigenvalue weighted by atomic mass is 10.1. The summed E-state index contributed by atoms with van der Waals surface area (Å²) in [4.78, 5) is 0.0656. The fraction of sp³-hybridized carbons (Fsp3) is 0.125. The van der Waals surface area contributed by atoms with Gasteiger partial charge in [0.05, 0.1) is 21.7 Å². The molecule has 0 aliphatic heterocycles. The molecule has 3 N–H and O–H groups in total. The van der Waals surface area contributed by atoms with Gasteiger partial charge in [0.1, 0.15) is 12.1 Å². The third kappa shape index (κ3) is 4.07. The Balaban J connectivity index is 2.07. The molecule has 0 aliphatic carbocycles. The quantitative estimate of drug-likeness (QED) is 0.867. The van der Waals surface area contributed by atoms with Gasteiger partial charge in [-0.15, -0.1) is 0 Å². The molecule has 0 heterocycles. The number of anilines is 1. The normalized spacial score (nSPS) is 10.6. The third-order valence-electron chi connectivity index (χ3n) is 3.27. The van der Waals surface area contributed by atoms with Crippen LogP contribution in [0.5, 0.6) is 0 Å². The molecular formula is C16H14N4O2S. The summed E-state index contributed by atoms with van der Waals surface area (Å²) in [5.41, 5.74) is 2.25. The van der Waals surface area contributed by atoms with Crippen LogP contribution in [0.4, 0.5) is 5.69 Å². The standard InChI is InChI=1S/C16H14N4O2S/c17-10-13-2-1-3-14(11-18)16(13)20-9-8-12-4-6-15(7-5-12)23(19,21)22/h1-7,20H,8-9H2,(H2,19,21,22). The van der Waals surface area contributed by atoms with E-state index in [9.17, 15) is 8.42 Å². The highest BCUT2D eigenvalue weighted by molar-refractivity contribution is 7.89. The number of nitrogens with two attached hydrogens (primary N) is 1. The van der Waals surface area contributed by atoms with Crippen molar-refractivity contribution in [1.82, 2.24) is 0 Å². The molecule has 116 valence electrons. The zero-order valence-corrected chi connectivity index (χ0v) is 13.0. The molecule has 0 fully saturated rings. The number of benzene rings is 2. The summed E-state index contributed by atoms with van der Waals surface area (Å²) in [5, 5.41) is 26.3. The number of nitrogens with one attached hydrogen (secondary N) is 1. The number of primary sulfonamides is 1. The Morgan fingerprint density at radius 2 is 1.57 bits per heavy atom. The molecule has 0 atom stereocenters. The fourth-order valence-electron chi connectivity index (χ4n) is 2.11. The number of para-hydroxylation sites is 1. The van der Waals surface area contributed by atoms with E-state index in [1.165, 1.54) is 12.1 Å². The summed E-state index contributed by atoms with van der Waals surface area (Å²) in [6.07, 6.45) is 0.607. The maximum absolute atomic E-state index is 11.2. The minimum atomic E-state index is -3.69. The van der Waals surface area contributed by atoms with Gasteiger partial charge in [-0.3, -0.25) is 0 Å². The zero-order chi connectivity index (χ0) is 16.9. The number of hydrogen-bond acceptors (Lipinski definition) is 5. The van der Waals surface area contributed by atoms with Crippen molar-refractivity contribution in [2.75, 3.05) is 11.9 Å². The summed E-state index contributed by atoms with van der Waals surface area (Å²) < 4.78 is 22.4. The van der Waals surface area contributed by atoms with Gasteiger partial charge >= 0.3 is 0 Å². The highest BCUT2D eigenvalue weighted by atomic mass is 32.2. The minimum absolute atomic E-state index is 0.0656. The largest absolute Gasteiger partial charge is 0.383 e. The number of rotatable bonds is 5. The van der Waals surface area contributed by atoms with E-state index in [4.69, 9.17) is 15.7 Å². The van der Waals surface area contributed by atoms with Gasteiger partial charge in [0.25, 0.3) is 0 Å². The van der Waals surface area contributed by atoms with E-state index in [-0.39, 0.29) is 4.90 Å². The first-order chi connectivity index (χ1) is 11.0. The third-order valence-corrected chi connectivity index (χ3v) is 4.20. The number of nitriles is 2. The maximum atomic E-state index is 11.2. The van der Waals surface area contributed by atoms with Crippen LogP contribution in [0.25, 0.3) is 0 Å². The molecular weight excluding hydrogens is 312 g/mol. The van der Waals surface area contributed by atoms with Crippen molar-refractivity contribution < 1.29 is 8.42 Å².